The van der Waals surface area contributed by atoms with Gasteiger partial charge in [0.1, 0.15) is 3.23 Å². The van der Waals surface area contributed by atoms with Crippen LogP contribution < -0.4 is 0 Å². The van der Waals surface area contributed by atoms with Crippen LogP contribution in [0.15, 0.2) is 0 Å². The van der Waals surface area contributed by atoms with E-state index in [1.807, 2.05) is 0 Å². The van der Waals surface area contributed by atoms with E-state index in [1.54, 1.807) is 6.92 Å². The van der Waals surface area contributed by atoms with Gasteiger partial charge in [-0.1, -0.05) is 47.8 Å². The molecule has 0 aromatic carbocycles. The third kappa shape index (κ3) is 2.80. The smallest absolute Gasteiger partial charge is 0.116 e. The molecule has 0 aliphatic heterocycles. The summed E-state index contributed by atoms with van der Waals surface area (Å²) in [6.45, 7) is 1.71. The molecule has 0 rings (SSSR count). The van der Waals surface area contributed by atoms with Gasteiger partial charge in [-0.3, -0.25) is 0 Å². The van der Waals surface area contributed by atoms with E-state index in [0.29, 0.717) is 5.33 Å². The molecule has 0 aromatic rings. The first-order valence-electron chi connectivity index (χ1n) is 2.12. The number of hydrogen-bond acceptors (Lipinski definition) is 1. The third-order valence-corrected chi connectivity index (χ3v) is 5.06. The highest BCUT2D eigenvalue weighted by Crippen LogP contribution is 2.31. The normalized spacial score (nSPS) is 16.1. The van der Waals surface area contributed by atoms with Crippen LogP contribution in [0, 0.1) is 0 Å². The Morgan fingerprint density at radius 2 is 2.00 bits per heavy atom. The van der Waals surface area contributed by atoms with Crippen molar-refractivity contribution in [2.45, 2.75) is 16.3 Å². The first-order chi connectivity index (χ1) is 3.50. The second-order valence-corrected chi connectivity index (χ2v) is 6.03. The van der Waals surface area contributed by atoms with E-state index in [1.165, 1.54) is 0 Å². The SMILES string of the molecule is CC(O)C(Br)(Br)CBr. The predicted molar refractivity (Wildman–Crippen MR) is 46.1 cm³/mol. The fraction of sp³-hybridized carbons (Fsp3) is 1.00. The highest BCUT2D eigenvalue weighted by molar-refractivity contribution is 9.26. The van der Waals surface area contributed by atoms with Gasteiger partial charge in [0.15, 0.2) is 0 Å². The molecular formula is C4H7Br3O. The van der Waals surface area contributed by atoms with E-state index >= 15 is 0 Å². The van der Waals surface area contributed by atoms with Crippen LogP contribution in [0.25, 0.3) is 0 Å². The lowest BCUT2D eigenvalue weighted by molar-refractivity contribution is 0.192. The first-order valence-corrected chi connectivity index (χ1v) is 4.83. The van der Waals surface area contributed by atoms with E-state index in [0.717, 1.165) is 0 Å². The quantitative estimate of drug-likeness (QED) is 0.776. The van der Waals surface area contributed by atoms with Gasteiger partial charge in [-0.05, 0) is 6.92 Å². The van der Waals surface area contributed by atoms with Gasteiger partial charge in [-0.25, -0.2) is 0 Å². The van der Waals surface area contributed by atoms with Crippen molar-refractivity contribution in [1.82, 2.24) is 0 Å². The van der Waals surface area contributed by atoms with Crippen molar-refractivity contribution < 1.29 is 5.11 Å². The maximum atomic E-state index is 8.96. The maximum absolute atomic E-state index is 8.96. The predicted octanol–water partition coefficient (Wildman–Crippen LogP) is 2.25. The Kier molecular flexibility index (Phi) is 4.16. The Labute approximate surface area is 74.2 Å². The zero-order valence-electron chi connectivity index (χ0n) is 4.37. The topological polar surface area (TPSA) is 20.2 Å². The minimum absolute atomic E-state index is 0.361. The van der Waals surface area contributed by atoms with Crippen LogP contribution in [0.3, 0.4) is 0 Å². The Balaban J connectivity index is 3.71. The monoisotopic (exact) mass is 308 g/mol. The average molecular weight is 311 g/mol. The van der Waals surface area contributed by atoms with E-state index in [2.05, 4.69) is 47.8 Å². The van der Waals surface area contributed by atoms with E-state index < -0.39 is 6.10 Å². The van der Waals surface area contributed by atoms with Crippen LogP contribution in [-0.4, -0.2) is 19.8 Å². The van der Waals surface area contributed by atoms with Gasteiger partial charge < -0.3 is 5.11 Å². The summed E-state index contributed by atoms with van der Waals surface area (Å²) in [6, 6.07) is 0. The molecule has 1 unspecified atom stereocenters. The van der Waals surface area contributed by atoms with Crippen LogP contribution >= 0.6 is 47.8 Å². The Morgan fingerprint density at radius 3 is 2.00 bits per heavy atom. The molecule has 0 saturated carbocycles. The Morgan fingerprint density at radius 1 is 1.62 bits per heavy atom. The molecule has 0 aromatic heterocycles. The number of aliphatic hydroxyl groups excluding tert-OH is 1. The molecule has 0 aliphatic carbocycles. The maximum Gasteiger partial charge on any atom is 0.116 e. The molecule has 0 heterocycles. The van der Waals surface area contributed by atoms with Gasteiger partial charge in [0.25, 0.3) is 0 Å². The lowest BCUT2D eigenvalue weighted by Gasteiger charge is -2.19. The molecule has 4 heteroatoms. The van der Waals surface area contributed by atoms with Crippen molar-refractivity contribution in [1.29, 1.82) is 0 Å². The molecule has 1 atom stereocenters. The first kappa shape index (κ1) is 9.40. The summed E-state index contributed by atoms with van der Waals surface area (Å²) >= 11 is 9.75. The second-order valence-electron chi connectivity index (χ2n) is 1.57. The number of halogens is 3. The number of aliphatic hydroxyl groups is 1. The van der Waals surface area contributed by atoms with Crippen LogP contribution in [0.5, 0.6) is 0 Å². The van der Waals surface area contributed by atoms with Crippen LogP contribution in [0.1, 0.15) is 6.92 Å². The fourth-order valence-electron chi connectivity index (χ4n) is 0.112. The highest BCUT2D eigenvalue weighted by Gasteiger charge is 2.26. The van der Waals surface area contributed by atoms with Gasteiger partial charge >= 0.3 is 0 Å². The van der Waals surface area contributed by atoms with E-state index in [-0.39, 0.29) is 3.23 Å². The Hall–Kier alpha value is 1.40. The summed E-state index contributed by atoms with van der Waals surface area (Å²) in [6.07, 6.45) is -0.401. The molecule has 0 amide bonds. The average Bonchev–Trinajstić information content (AvgIpc) is 1.67. The van der Waals surface area contributed by atoms with Gasteiger partial charge in [-0.2, -0.15) is 0 Å². The third-order valence-electron chi connectivity index (χ3n) is 0.789. The van der Waals surface area contributed by atoms with E-state index in [4.69, 9.17) is 5.11 Å². The van der Waals surface area contributed by atoms with Crippen molar-refractivity contribution in [3.05, 3.63) is 0 Å². The zero-order chi connectivity index (χ0) is 6.78. The highest BCUT2D eigenvalue weighted by atomic mass is 79.9. The number of alkyl halides is 3. The lowest BCUT2D eigenvalue weighted by Crippen LogP contribution is -2.28. The Bertz CT molecular complexity index is 71.7. The van der Waals surface area contributed by atoms with Crippen molar-refractivity contribution in [2.75, 3.05) is 5.33 Å². The summed E-state index contributed by atoms with van der Waals surface area (Å²) in [5, 5.41) is 9.63. The van der Waals surface area contributed by atoms with Gasteiger partial charge in [-0.15, -0.1) is 0 Å². The summed E-state index contributed by atoms with van der Waals surface area (Å²) < 4.78 is -0.361. The van der Waals surface area contributed by atoms with Gasteiger partial charge in [0.05, 0.1) is 6.10 Å². The molecule has 0 spiro atoms. The molecule has 8 heavy (non-hydrogen) atoms. The van der Waals surface area contributed by atoms with Gasteiger partial charge in [0.2, 0.25) is 0 Å². The van der Waals surface area contributed by atoms with Crippen molar-refractivity contribution in [2.24, 2.45) is 0 Å². The van der Waals surface area contributed by atoms with Crippen LogP contribution in [0.2, 0.25) is 0 Å². The molecule has 0 radical (unpaired) electrons. The molecule has 0 bridgehead atoms. The summed E-state index contributed by atoms with van der Waals surface area (Å²) in [5.74, 6) is 0. The fourth-order valence-corrected chi connectivity index (χ4v) is 0.580. The summed E-state index contributed by atoms with van der Waals surface area (Å²) in [4.78, 5) is 0. The minimum atomic E-state index is -0.401. The standard InChI is InChI=1S/C4H7Br3O/c1-3(8)4(6,7)2-5/h3,8H,2H2,1H3. The molecule has 1 N–H and O–H groups in total. The largest absolute Gasteiger partial charge is 0.391 e. The number of rotatable bonds is 2. The second kappa shape index (κ2) is 3.54. The van der Waals surface area contributed by atoms with Crippen LogP contribution in [-0.2, 0) is 0 Å². The van der Waals surface area contributed by atoms with Crippen molar-refractivity contribution in [3.8, 4) is 0 Å². The van der Waals surface area contributed by atoms with Crippen LogP contribution in [0.4, 0.5) is 0 Å². The molecule has 0 saturated heterocycles. The van der Waals surface area contributed by atoms with E-state index in [9.17, 15) is 0 Å². The summed E-state index contributed by atoms with van der Waals surface area (Å²) in [7, 11) is 0. The molecule has 0 fully saturated rings. The summed E-state index contributed by atoms with van der Waals surface area (Å²) in [5.41, 5.74) is 0. The zero-order valence-corrected chi connectivity index (χ0v) is 9.12. The lowest BCUT2D eigenvalue weighted by atomic mass is 10.3. The van der Waals surface area contributed by atoms with Crippen molar-refractivity contribution >= 4 is 47.8 Å². The molecule has 1 nitrogen and oxygen atoms in total. The minimum Gasteiger partial charge on any atom is -0.391 e. The van der Waals surface area contributed by atoms with Crippen molar-refractivity contribution in [3.63, 3.8) is 0 Å². The molecule has 50 valence electrons. The molecule has 0 aliphatic rings. The molecular weight excluding hydrogens is 304 g/mol. The number of hydrogen-bond donors (Lipinski definition) is 1. The van der Waals surface area contributed by atoms with Gasteiger partial charge in [0, 0.05) is 5.33 Å².